The molecule has 0 aliphatic rings. The topological polar surface area (TPSA) is 46.5 Å². The number of rotatable bonds is 11. The molecule has 0 spiro atoms. The van der Waals surface area contributed by atoms with E-state index in [1.54, 1.807) is 7.11 Å². The molecule has 1 unspecified atom stereocenters. The molecule has 1 aromatic carbocycles. The van der Waals surface area contributed by atoms with E-state index in [4.69, 9.17) is 4.74 Å². The van der Waals surface area contributed by atoms with Gasteiger partial charge >= 0.3 is 5.97 Å². The van der Waals surface area contributed by atoms with Crippen LogP contribution in [-0.2, 0) is 11.2 Å². The lowest BCUT2D eigenvalue weighted by molar-refractivity contribution is -0.142. The largest absolute Gasteiger partial charge is 0.497 e. The summed E-state index contributed by atoms with van der Waals surface area (Å²) in [6, 6.07) is 7.70. The van der Waals surface area contributed by atoms with Crippen LogP contribution in [0.3, 0.4) is 0 Å². The van der Waals surface area contributed by atoms with Crippen molar-refractivity contribution in [2.75, 3.05) is 7.11 Å². The molecule has 118 valence electrons. The minimum absolute atomic E-state index is 0.289. The van der Waals surface area contributed by atoms with Gasteiger partial charge in [0.25, 0.3) is 0 Å². The first-order valence-corrected chi connectivity index (χ1v) is 8.03. The second-order valence-electron chi connectivity index (χ2n) is 5.65. The number of benzene rings is 1. The predicted molar refractivity (Wildman–Crippen MR) is 85.8 cm³/mol. The molecule has 0 saturated carbocycles. The van der Waals surface area contributed by atoms with E-state index in [2.05, 4.69) is 6.92 Å². The van der Waals surface area contributed by atoms with Gasteiger partial charge < -0.3 is 9.84 Å². The number of carboxylic acid groups (broad SMARTS) is 1. The quantitative estimate of drug-likeness (QED) is 0.602. The third kappa shape index (κ3) is 7.16. The van der Waals surface area contributed by atoms with Gasteiger partial charge in [0, 0.05) is 0 Å². The van der Waals surface area contributed by atoms with E-state index in [-0.39, 0.29) is 5.92 Å². The zero-order valence-electron chi connectivity index (χ0n) is 13.3. The molecule has 0 aromatic heterocycles. The van der Waals surface area contributed by atoms with E-state index in [0.29, 0.717) is 6.42 Å². The molecule has 0 heterocycles. The Morgan fingerprint density at radius 3 is 2.57 bits per heavy atom. The molecule has 0 bridgehead atoms. The third-order valence-corrected chi connectivity index (χ3v) is 3.87. The van der Waals surface area contributed by atoms with Crippen molar-refractivity contribution in [1.29, 1.82) is 0 Å². The first-order chi connectivity index (χ1) is 10.2. The van der Waals surface area contributed by atoms with Crippen molar-refractivity contribution in [3.63, 3.8) is 0 Å². The lowest BCUT2D eigenvalue weighted by Gasteiger charge is -2.13. The number of ether oxygens (including phenoxy) is 1. The van der Waals surface area contributed by atoms with Crippen molar-refractivity contribution in [3.05, 3.63) is 29.8 Å². The van der Waals surface area contributed by atoms with E-state index in [9.17, 15) is 9.90 Å². The molecule has 1 aromatic rings. The molecule has 0 aliphatic carbocycles. The van der Waals surface area contributed by atoms with Crippen molar-refractivity contribution in [3.8, 4) is 5.75 Å². The van der Waals surface area contributed by atoms with Crippen molar-refractivity contribution >= 4 is 5.97 Å². The van der Waals surface area contributed by atoms with E-state index >= 15 is 0 Å². The first-order valence-electron chi connectivity index (χ1n) is 8.03. The number of aliphatic carboxylic acids is 1. The van der Waals surface area contributed by atoms with Crippen LogP contribution in [0.15, 0.2) is 24.3 Å². The van der Waals surface area contributed by atoms with Gasteiger partial charge in [0.05, 0.1) is 13.0 Å². The van der Waals surface area contributed by atoms with E-state index < -0.39 is 5.97 Å². The smallest absolute Gasteiger partial charge is 0.306 e. The van der Waals surface area contributed by atoms with Crippen LogP contribution in [0.4, 0.5) is 0 Å². The Kier molecular flexibility index (Phi) is 8.56. The standard InChI is InChI=1S/C18H28O3/c1-3-4-5-6-7-8-11-16(18(19)20)13-15-10-9-12-17(14-15)21-2/h9-10,12,14,16H,3-8,11,13H2,1-2H3,(H,19,20). The Hall–Kier alpha value is -1.51. The summed E-state index contributed by atoms with van der Waals surface area (Å²) in [5, 5.41) is 9.37. The molecule has 21 heavy (non-hydrogen) atoms. The normalized spacial score (nSPS) is 12.1. The fraction of sp³-hybridized carbons (Fsp3) is 0.611. The average molecular weight is 292 g/mol. The molecule has 1 N–H and O–H groups in total. The van der Waals surface area contributed by atoms with Crippen LogP contribution >= 0.6 is 0 Å². The van der Waals surface area contributed by atoms with Crippen LogP contribution in [-0.4, -0.2) is 18.2 Å². The molecular formula is C18H28O3. The second kappa shape index (κ2) is 10.3. The molecule has 0 saturated heterocycles. The highest BCUT2D eigenvalue weighted by Crippen LogP contribution is 2.20. The Morgan fingerprint density at radius 2 is 1.90 bits per heavy atom. The Bertz CT molecular complexity index is 415. The number of carbonyl (C=O) groups is 1. The van der Waals surface area contributed by atoms with Gasteiger partial charge in [-0.25, -0.2) is 0 Å². The molecule has 3 heteroatoms. The number of methoxy groups -OCH3 is 1. The van der Waals surface area contributed by atoms with Gasteiger partial charge in [-0.05, 0) is 30.5 Å². The van der Waals surface area contributed by atoms with Crippen molar-refractivity contribution in [2.24, 2.45) is 5.92 Å². The van der Waals surface area contributed by atoms with E-state index in [1.165, 1.54) is 25.7 Å². The van der Waals surface area contributed by atoms with Gasteiger partial charge in [-0.1, -0.05) is 57.6 Å². The van der Waals surface area contributed by atoms with Gasteiger partial charge in [0.1, 0.15) is 5.75 Å². The third-order valence-electron chi connectivity index (χ3n) is 3.87. The summed E-state index contributed by atoms with van der Waals surface area (Å²) in [4.78, 5) is 11.4. The fourth-order valence-electron chi connectivity index (χ4n) is 2.57. The van der Waals surface area contributed by atoms with Crippen molar-refractivity contribution < 1.29 is 14.6 Å². The monoisotopic (exact) mass is 292 g/mol. The molecule has 3 nitrogen and oxygen atoms in total. The van der Waals surface area contributed by atoms with Gasteiger partial charge in [-0.3, -0.25) is 4.79 Å². The summed E-state index contributed by atoms with van der Waals surface area (Å²) >= 11 is 0. The van der Waals surface area contributed by atoms with Crippen LogP contribution in [0.5, 0.6) is 5.75 Å². The van der Waals surface area contributed by atoms with Gasteiger partial charge in [-0.15, -0.1) is 0 Å². The summed E-state index contributed by atoms with van der Waals surface area (Å²) in [5.74, 6) is -0.189. The van der Waals surface area contributed by atoms with E-state index in [0.717, 1.165) is 30.6 Å². The minimum Gasteiger partial charge on any atom is -0.497 e. The van der Waals surface area contributed by atoms with Gasteiger partial charge in [0.2, 0.25) is 0 Å². The van der Waals surface area contributed by atoms with Crippen LogP contribution in [0.1, 0.15) is 57.4 Å². The van der Waals surface area contributed by atoms with Crippen LogP contribution in [0, 0.1) is 5.92 Å². The molecule has 0 aliphatic heterocycles. The summed E-state index contributed by atoms with van der Waals surface area (Å²) in [6.07, 6.45) is 8.51. The molecule has 1 rings (SSSR count). The molecule has 0 amide bonds. The van der Waals surface area contributed by atoms with E-state index in [1.807, 2.05) is 24.3 Å². The number of hydrogen-bond acceptors (Lipinski definition) is 2. The van der Waals surface area contributed by atoms with Gasteiger partial charge in [0.15, 0.2) is 0 Å². The highest BCUT2D eigenvalue weighted by atomic mass is 16.5. The zero-order valence-corrected chi connectivity index (χ0v) is 13.3. The van der Waals surface area contributed by atoms with Crippen molar-refractivity contribution in [2.45, 2.75) is 58.3 Å². The van der Waals surface area contributed by atoms with Crippen LogP contribution in [0.2, 0.25) is 0 Å². The first kappa shape index (κ1) is 17.5. The molecule has 1 atom stereocenters. The SMILES string of the molecule is CCCCCCCCC(Cc1cccc(OC)c1)C(=O)O. The Labute approximate surface area is 128 Å². The summed E-state index contributed by atoms with van der Waals surface area (Å²) in [5.41, 5.74) is 1.03. The van der Waals surface area contributed by atoms with Crippen LogP contribution < -0.4 is 4.74 Å². The average Bonchev–Trinajstić information content (AvgIpc) is 2.49. The predicted octanol–water partition coefficient (Wildman–Crippen LogP) is 4.69. The Morgan fingerprint density at radius 1 is 1.19 bits per heavy atom. The summed E-state index contributed by atoms with van der Waals surface area (Å²) in [7, 11) is 1.63. The highest BCUT2D eigenvalue weighted by Gasteiger charge is 2.17. The number of hydrogen-bond donors (Lipinski definition) is 1. The lowest BCUT2D eigenvalue weighted by atomic mass is 9.93. The maximum Gasteiger partial charge on any atom is 0.306 e. The maximum atomic E-state index is 11.4. The van der Waals surface area contributed by atoms with Crippen LogP contribution in [0.25, 0.3) is 0 Å². The number of unbranched alkanes of at least 4 members (excludes halogenated alkanes) is 5. The zero-order chi connectivity index (χ0) is 15.5. The fourth-order valence-corrected chi connectivity index (χ4v) is 2.57. The summed E-state index contributed by atoms with van der Waals surface area (Å²) in [6.45, 7) is 2.20. The number of carboxylic acids is 1. The Balaban J connectivity index is 2.40. The lowest BCUT2D eigenvalue weighted by Crippen LogP contribution is -2.16. The molecule has 0 fully saturated rings. The van der Waals surface area contributed by atoms with Crippen molar-refractivity contribution in [1.82, 2.24) is 0 Å². The molecular weight excluding hydrogens is 264 g/mol. The van der Waals surface area contributed by atoms with Gasteiger partial charge in [-0.2, -0.15) is 0 Å². The molecule has 0 radical (unpaired) electrons. The highest BCUT2D eigenvalue weighted by molar-refractivity contribution is 5.70. The summed E-state index contributed by atoms with van der Waals surface area (Å²) < 4.78 is 5.19. The second-order valence-corrected chi connectivity index (χ2v) is 5.65. The minimum atomic E-state index is -0.689. The maximum absolute atomic E-state index is 11.4.